The normalized spacial score (nSPS) is 55.7. The van der Waals surface area contributed by atoms with Crippen molar-refractivity contribution in [3.8, 4) is 0 Å². The fraction of sp³-hybridized carbons (Fsp3) is 0.875. The highest BCUT2D eigenvalue weighted by Gasteiger charge is 2.81. The average Bonchev–Trinajstić information content (AvgIpc) is 2.47. The number of hydrogen-bond donors (Lipinski definition) is 0. The Kier molecular flexibility index (Phi) is 1.01. The van der Waals surface area contributed by atoms with E-state index in [1.165, 1.54) is 0 Å². The van der Waals surface area contributed by atoms with Gasteiger partial charge in [-0.2, -0.15) is 0 Å². The maximum Gasteiger partial charge on any atom is 0.238 e. The van der Waals surface area contributed by atoms with E-state index < -0.39 is 0 Å². The van der Waals surface area contributed by atoms with Crippen LogP contribution in [-0.2, 0) is 9.53 Å². The van der Waals surface area contributed by atoms with Crippen LogP contribution in [0.5, 0.6) is 0 Å². The van der Waals surface area contributed by atoms with Crippen molar-refractivity contribution in [2.75, 3.05) is 13.2 Å². The zero-order valence-electron chi connectivity index (χ0n) is 7.16. The molecule has 0 aliphatic carbocycles. The maximum atomic E-state index is 11.7. The van der Waals surface area contributed by atoms with E-state index in [0.717, 1.165) is 6.54 Å². The Hall–Kier alpha value is -0.220. The van der Waals surface area contributed by atoms with Crippen LogP contribution in [0.1, 0.15) is 13.8 Å². The number of thioether (sulfide) groups is 1. The molecule has 66 valence electrons. The summed E-state index contributed by atoms with van der Waals surface area (Å²) in [7, 11) is 0. The third kappa shape index (κ3) is 0.412. The van der Waals surface area contributed by atoms with Gasteiger partial charge >= 0.3 is 0 Å². The summed E-state index contributed by atoms with van der Waals surface area (Å²) in [6.07, 6.45) is 0. The first-order valence-corrected chi connectivity index (χ1v) is 5.15. The van der Waals surface area contributed by atoms with Crippen LogP contribution in [0, 0.1) is 5.41 Å². The Morgan fingerprint density at radius 1 is 1.75 bits per heavy atom. The van der Waals surface area contributed by atoms with E-state index in [-0.39, 0.29) is 16.4 Å². The molecule has 12 heavy (non-hydrogen) atoms. The molecule has 0 saturated carbocycles. The quantitative estimate of drug-likeness (QED) is 0.519. The van der Waals surface area contributed by atoms with Crippen LogP contribution in [0.3, 0.4) is 0 Å². The SMILES string of the molecule is C[C@@H]1S[C@@]23OCCN2C(=O)[C@@]13C. The molecule has 3 aliphatic heterocycles. The molecule has 0 aromatic rings. The molecule has 1 spiro atoms. The number of hydrogen-bond acceptors (Lipinski definition) is 3. The smallest absolute Gasteiger partial charge is 0.238 e. The van der Waals surface area contributed by atoms with Gasteiger partial charge in [0.15, 0.2) is 0 Å². The number of β-lactam (4-membered cyclic amide) rings is 1. The Morgan fingerprint density at radius 2 is 2.50 bits per heavy atom. The number of amides is 1. The highest BCUT2D eigenvalue weighted by atomic mass is 32.2. The first-order valence-electron chi connectivity index (χ1n) is 4.27. The van der Waals surface area contributed by atoms with Crippen LogP contribution >= 0.6 is 11.8 Å². The van der Waals surface area contributed by atoms with Gasteiger partial charge in [-0.3, -0.25) is 4.79 Å². The summed E-state index contributed by atoms with van der Waals surface area (Å²) in [5.74, 6) is 0.284. The van der Waals surface area contributed by atoms with Gasteiger partial charge < -0.3 is 9.64 Å². The lowest BCUT2D eigenvalue weighted by atomic mass is 9.74. The third-order valence-electron chi connectivity index (χ3n) is 3.46. The van der Waals surface area contributed by atoms with Crippen LogP contribution in [0.25, 0.3) is 0 Å². The minimum atomic E-state index is -0.247. The van der Waals surface area contributed by atoms with Crippen molar-refractivity contribution in [2.24, 2.45) is 5.41 Å². The fourth-order valence-corrected chi connectivity index (χ4v) is 4.23. The van der Waals surface area contributed by atoms with Crippen molar-refractivity contribution < 1.29 is 9.53 Å². The second-order valence-electron chi connectivity index (χ2n) is 3.85. The van der Waals surface area contributed by atoms with E-state index in [1.54, 1.807) is 11.8 Å². The van der Waals surface area contributed by atoms with E-state index in [9.17, 15) is 4.79 Å². The Bertz CT molecular complexity index is 282. The Labute approximate surface area is 75.4 Å². The predicted octanol–water partition coefficient (Wildman–Crippen LogP) is 0.654. The van der Waals surface area contributed by atoms with Gasteiger partial charge in [-0.25, -0.2) is 0 Å². The lowest BCUT2D eigenvalue weighted by Crippen LogP contribution is -2.82. The summed E-state index contributed by atoms with van der Waals surface area (Å²) in [6, 6.07) is 0. The van der Waals surface area contributed by atoms with Gasteiger partial charge in [0.1, 0.15) is 5.41 Å². The molecule has 0 aromatic heterocycles. The molecule has 0 unspecified atom stereocenters. The molecule has 3 rings (SSSR count). The fourth-order valence-electron chi connectivity index (χ4n) is 2.48. The monoisotopic (exact) mass is 185 g/mol. The first kappa shape index (κ1) is 7.21. The number of nitrogens with zero attached hydrogens (tertiary/aromatic N) is 1. The molecule has 0 aromatic carbocycles. The molecular weight excluding hydrogens is 174 g/mol. The van der Waals surface area contributed by atoms with Crippen molar-refractivity contribution >= 4 is 17.7 Å². The highest BCUT2D eigenvalue weighted by Crippen LogP contribution is 2.71. The van der Waals surface area contributed by atoms with Crippen molar-refractivity contribution in [3.63, 3.8) is 0 Å². The van der Waals surface area contributed by atoms with E-state index in [1.807, 2.05) is 11.8 Å². The minimum Gasteiger partial charge on any atom is -0.343 e. The van der Waals surface area contributed by atoms with Crippen LogP contribution in [0.4, 0.5) is 0 Å². The number of rotatable bonds is 0. The van der Waals surface area contributed by atoms with Crippen molar-refractivity contribution in [1.29, 1.82) is 0 Å². The van der Waals surface area contributed by atoms with E-state index in [2.05, 4.69) is 6.92 Å². The molecule has 3 heterocycles. The van der Waals surface area contributed by atoms with Crippen LogP contribution in [0.2, 0.25) is 0 Å². The summed E-state index contributed by atoms with van der Waals surface area (Å²) < 4.78 is 5.65. The van der Waals surface area contributed by atoms with Gasteiger partial charge in [0, 0.05) is 11.8 Å². The summed E-state index contributed by atoms with van der Waals surface area (Å²) in [6.45, 7) is 5.63. The molecule has 0 N–H and O–H groups in total. The van der Waals surface area contributed by atoms with E-state index >= 15 is 0 Å². The number of carbonyl (C=O) groups excluding carboxylic acids is 1. The topological polar surface area (TPSA) is 29.5 Å². The summed E-state index contributed by atoms with van der Waals surface area (Å²) in [5.41, 5.74) is -0.214. The maximum absolute atomic E-state index is 11.7. The summed E-state index contributed by atoms with van der Waals surface area (Å²) >= 11 is 1.78. The van der Waals surface area contributed by atoms with Gasteiger partial charge in [-0.05, 0) is 6.92 Å². The first-order chi connectivity index (χ1) is 5.63. The Morgan fingerprint density at radius 3 is 3.17 bits per heavy atom. The standard InChI is InChI=1S/C8H11NO2S/c1-5-7(2)6(10)9-3-4-11-8(7,9)12-5/h5H,3-4H2,1-2H3/t5-,7+,8+/m0/s1. The molecule has 3 nitrogen and oxygen atoms in total. The summed E-state index contributed by atoms with van der Waals surface area (Å²) in [5, 5.41) is 0.170. The van der Waals surface area contributed by atoms with Gasteiger partial charge in [0.25, 0.3) is 0 Å². The van der Waals surface area contributed by atoms with E-state index in [4.69, 9.17) is 4.74 Å². The molecule has 1 amide bonds. The molecule has 3 fully saturated rings. The molecule has 4 heteroatoms. The molecule has 3 saturated heterocycles. The third-order valence-corrected chi connectivity index (χ3v) is 5.37. The van der Waals surface area contributed by atoms with Gasteiger partial charge in [-0.1, -0.05) is 18.7 Å². The molecule has 0 radical (unpaired) electrons. The van der Waals surface area contributed by atoms with Gasteiger partial charge in [0.05, 0.1) is 6.61 Å². The summed E-state index contributed by atoms with van der Waals surface area (Å²) in [4.78, 5) is 13.5. The highest BCUT2D eigenvalue weighted by molar-refractivity contribution is 8.02. The van der Waals surface area contributed by atoms with Gasteiger partial charge in [-0.15, -0.1) is 0 Å². The van der Waals surface area contributed by atoms with Gasteiger partial charge in [0.2, 0.25) is 11.0 Å². The zero-order chi connectivity index (χ0) is 8.56. The second kappa shape index (κ2) is 1.68. The number of carbonyl (C=O) groups is 1. The lowest BCUT2D eigenvalue weighted by Gasteiger charge is -2.68. The van der Waals surface area contributed by atoms with Crippen molar-refractivity contribution in [1.82, 2.24) is 4.90 Å². The zero-order valence-corrected chi connectivity index (χ0v) is 7.98. The van der Waals surface area contributed by atoms with Crippen LogP contribution in [-0.4, -0.2) is 34.3 Å². The Balaban J connectivity index is 2.05. The van der Waals surface area contributed by atoms with Crippen molar-refractivity contribution in [2.45, 2.75) is 24.2 Å². The largest absolute Gasteiger partial charge is 0.343 e. The molecule has 0 bridgehead atoms. The van der Waals surface area contributed by atoms with Crippen molar-refractivity contribution in [3.05, 3.63) is 0 Å². The minimum absolute atomic E-state index is 0.214. The number of ether oxygens (including phenoxy) is 1. The molecule has 3 atom stereocenters. The van der Waals surface area contributed by atoms with E-state index in [0.29, 0.717) is 11.9 Å². The predicted molar refractivity (Wildman–Crippen MR) is 45.6 cm³/mol. The second-order valence-corrected chi connectivity index (χ2v) is 5.35. The van der Waals surface area contributed by atoms with Crippen LogP contribution < -0.4 is 0 Å². The molecule has 3 aliphatic rings. The lowest BCUT2D eigenvalue weighted by molar-refractivity contribution is -0.212. The van der Waals surface area contributed by atoms with Crippen LogP contribution in [0.15, 0.2) is 0 Å². The average molecular weight is 185 g/mol. The molecular formula is C8H11NO2S.